The average molecular weight is 1230 g/mol. The van der Waals surface area contributed by atoms with E-state index in [-0.39, 0.29) is 5.41 Å². The van der Waals surface area contributed by atoms with E-state index in [1.54, 1.807) is 0 Å². The van der Waals surface area contributed by atoms with Gasteiger partial charge in [-0.2, -0.15) is 0 Å². The van der Waals surface area contributed by atoms with E-state index in [4.69, 9.17) is 0 Å². The Labute approximate surface area is 541 Å². The van der Waals surface area contributed by atoms with Gasteiger partial charge in [0.2, 0.25) is 0 Å². The highest BCUT2D eigenvalue weighted by atomic mass is 79.9. The van der Waals surface area contributed by atoms with Crippen molar-refractivity contribution in [1.82, 2.24) is 0 Å². The lowest BCUT2D eigenvalue weighted by Crippen LogP contribution is -2.37. The molecule has 2 aliphatic heterocycles. The molecule has 0 aromatic heterocycles. The maximum Gasteiger partial charge on any atom is 0.0774 e. The fourth-order valence-corrected chi connectivity index (χ4v) is 15.6. The van der Waals surface area contributed by atoms with Crippen LogP contribution >= 0.6 is 15.9 Å². The number of hydrogen-bond acceptors (Lipinski definition) is 4. The minimum Gasteiger partial charge on any atom is -0.356 e. The molecule has 0 radical (unpaired) electrons. The van der Waals surface area contributed by atoms with Crippen LogP contribution < -0.4 is 20.0 Å². The maximum atomic E-state index is 3.97. The summed E-state index contributed by atoms with van der Waals surface area (Å²) in [7, 11) is 0. The molecule has 14 aromatic rings. The number of fused-ring (bicyclic) bond motifs is 18. The molecule has 2 spiro atoms. The maximum absolute atomic E-state index is 3.97. The number of para-hydroxylation sites is 10. The number of anilines is 11. The van der Waals surface area contributed by atoms with Crippen LogP contribution in [0.2, 0.25) is 0 Å². The van der Waals surface area contributed by atoms with Crippen LogP contribution in [0, 0.1) is 0 Å². The van der Waals surface area contributed by atoms with Crippen LogP contribution in [-0.2, 0) is 10.8 Å². The normalized spacial score (nSPS) is 13.2. The molecule has 0 fully saturated rings. The zero-order chi connectivity index (χ0) is 60.7. The number of rotatable bonds is 7. The molecule has 91 heavy (non-hydrogen) atoms. The van der Waals surface area contributed by atoms with Gasteiger partial charge in [0.15, 0.2) is 0 Å². The molecule has 14 aromatic carbocycles. The van der Waals surface area contributed by atoms with Crippen molar-refractivity contribution in [2.24, 2.45) is 0 Å². The quantitative estimate of drug-likeness (QED) is 0.172. The number of hydrogen-bond donors (Lipinski definition) is 1. The summed E-state index contributed by atoms with van der Waals surface area (Å²) >= 11 is 3.97. The second-order valence-electron chi connectivity index (χ2n) is 23.2. The summed E-state index contributed by atoms with van der Waals surface area (Å²) in [5.41, 5.74) is 27.6. The molecule has 2 aliphatic carbocycles. The highest BCUT2D eigenvalue weighted by Crippen LogP contribution is 2.67. The van der Waals surface area contributed by atoms with E-state index in [0.29, 0.717) is 0 Å². The van der Waals surface area contributed by atoms with E-state index in [9.17, 15) is 0 Å². The zero-order valence-corrected chi connectivity index (χ0v) is 51.4. The topological polar surface area (TPSA) is 21.8 Å². The van der Waals surface area contributed by atoms with Gasteiger partial charge in [-0.3, -0.25) is 0 Å². The fraction of sp³-hybridized carbons (Fsp3) is 0.0233. The Morgan fingerprint density at radius 2 is 0.549 bits per heavy atom. The molecule has 0 bridgehead atoms. The van der Waals surface area contributed by atoms with Crippen LogP contribution in [0.4, 0.5) is 62.6 Å². The standard InChI is InChI=1S/C43H30N2.C31H20BrN.C12H11N/c1-4-17-31(18-5-1)44(32-19-6-2-7-20-32)41-30-16-24-35-34-23-10-11-25-36(34)43(42(35)41)37-26-12-14-28-39(37)45(33-21-8-3-9-22-33)40-29-15-13-27-38(40)43;32-27-18-10-14-23-22-13-4-5-15-24(22)31(30(23)27)25-16-6-8-19-28(25)33(21-11-2-1-3-12-21)29-20-9-7-17-26(29)31;1-3-7-11(8-4-1)13-12-9-5-2-6-10-12/h1-30H;1-20H;1-10,13H. The Bertz CT molecular complexity index is 4770. The minimum absolute atomic E-state index is 0.384. The van der Waals surface area contributed by atoms with Crippen molar-refractivity contribution in [3.05, 3.63) is 413 Å². The second kappa shape index (κ2) is 23.4. The van der Waals surface area contributed by atoms with Gasteiger partial charge in [-0.25, -0.2) is 0 Å². The molecule has 432 valence electrons. The van der Waals surface area contributed by atoms with E-state index >= 15 is 0 Å². The first-order valence-electron chi connectivity index (χ1n) is 31.1. The zero-order valence-electron chi connectivity index (χ0n) is 49.9. The monoisotopic (exact) mass is 1230 g/mol. The van der Waals surface area contributed by atoms with Crippen LogP contribution in [-0.4, -0.2) is 0 Å². The van der Waals surface area contributed by atoms with Crippen LogP contribution in [0.15, 0.2) is 368 Å². The summed E-state index contributed by atoms with van der Waals surface area (Å²) in [5.74, 6) is 0. The van der Waals surface area contributed by atoms with Gasteiger partial charge in [0.1, 0.15) is 0 Å². The predicted octanol–water partition coefficient (Wildman–Crippen LogP) is 23.3. The van der Waals surface area contributed by atoms with Crippen molar-refractivity contribution >= 4 is 78.5 Å². The molecule has 0 amide bonds. The van der Waals surface area contributed by atoms with Gasteiger partial charge in [-0.15, -0.1) is 0 Å². The molecule has 18 rings (SSSR count). The first-order chi connectivity index (χ1) is 45.1. The Morgan fingerprint density at radius 1 is 0.253 bits per heavy atom. The largest absolute Gasteiger partial charge is 0.356 e. The third-order valence-corrected chi connectivity index (χ3v) is 19.0. The van der Waals surface area contributed by atoms with Crippen molar-refractivity contribution in [2.75, 3.05) is 20.0 Å². The van der Waals surface area contributed by atoms with E-state index in [1.807, 2.05) is 60.7 Å². The van der Waals surface area contributed by atoms with Gasteiger partial charge in [-0.1, -0.05) is 271 Å². The van der Waals surface area contributed by atoms with E-state index < -0.39 is 5.41 Å². The van der Waals surface area contributed by atoms with Gasteiger partial charge in [0.05, 0.1) is 39.3 Å². The summed E-state index contributed by atoms with van der Waals surface area (Å²) in [6.45, 7) is 0. The molecule has 0 atom stereocenters. The molecule has 0 saturated carbocycles. The van der Waals surface area contributed by atoms with Crippen LogP contribution in [0.1, 0.15) is 44.5 Å². The molecule has 4 aliphatic rings. The molecule has 5 heteroatoms. The van der Waals surface area contributed by atoms with Crippen LogP contribution in [0.5, 0.6) is 0 Å². The second-order valence-corrected chi connectivity index (χ2v) is 24.1. The van der Waals surface area contributed by atoms with Gasteiger partial charge in [0, 0.05) is 44.2 Å². The highest BCUT2D eigenvalue weighted by molar-refractivity contribution is 9.10. The first-order valence-corrected chi connectivity index (χ1v) is 31.9. The molecule has 1 N–H and O–H groups in total. The third kappa shape index (κ3) is 9.02. The van der Waals surface area contributed by atoms with Gasteiger partial charge >= 0.3 is 0 Å². The number of benzene rings is 14. The lowest BCUT2D eigenvalue weighted by molar-refractivity contribution is 0.749. The third-order valence-electron chi connectivity index (χ3n) is 18.4. The Morgan fingerprint density at radius 3 is 0.956 bits per heavy atom. The van der Waals surface area contributed by atoms with Gasteiger partial charge in [-0.05, 0) is 170 Å². The minimum atomic E-state index is -0.539. The molecular weight excluding hydrogens is 1170 g/mol. The molecular formula is C86H61BrN4. The fourth-order valence-electron chi connectivity index (χ4n) is 14.9. The number of nitrogens with zero attached hydrogens (tertiary/aromatic N) is 3. The number of nitrogens with one attached hydrogen (secondary N) is 1. The molecule has 0 saturated heterocycles. The van der Waals surface area contributed by atoms with E-state index in [2.05, 4.69) is 339 Å². The lowest BCUT2D eigenvalue weighted by Gasteiger charge is -2.46. The lowest BCUT2D eigenvalue weighted by atomic mass is 9.64. The smallest absolute Gasteiger partial charge is 0.0774 e. The Balaban J connectivity index is 0.000000125. The van der Waals surface area contributed by atoms with Crippen LogP contribution in [0.25, 0.3) is 22.3 Å². The molecule has 0 unspecified atom stereocenters. The summed E-state index contributed by atoms with van der Waals surface area (Å²) in [4.78, 5) is 7.28. The Hall–Kier alpha value is -11.2. The predicted molar refractivity (Wildman–Crippen MR) is 383 cm³/mol. The van der Waals surface area contributed by atoms with Crippen molar-refractivity contribution < 1.29 is 0 Å². The Kier molecular flexibility index (Phi) is 14.1. The van der Waals surface area contributed by atoms with E-state index in [1.165, 1.54) is 101 Å². The average Bonchev–Trinajstić information content (AvgIpc) is 1.59. The number of halogens is 1. The molecule has 4 nitrogen and oxygen atoms in total. The van der Waals surface area contributed by atoms with Crippen molar-refractivity contribution in [2.45, 2.75) is 10.8 Å². The van der Waals surface area contributed by atoms with Crippen molar-refractivity contribution in [3.63, 3.8) is 0 Å². The van der Waals surface area contributed by atoms with Crippen molar-refractivity contribution in [3.8, 4) is 22.3 Å². The van der Waals surface area contributed by atoms with Gasteiger partial charge in [0.25, 0.3) is 0 Å². The summed E-state index contributed by atoms with van der Waals surface area (Å²) in [5, 5.41) is 3.30. The van der Waals surface area contributed by atoms with Crippen molar-refractivity contribution in [1.29, 1.82) is 0 Å². The highest BCUT2D eigenvalue weighted by Gasteiger charge is 2.55. The van der Waals surface area contributed by atoms with Gasteiger partial charge < -0.3 is 20.0 Å². The SMILES string of the molecule is Brc1cccc2c1C1(c3ccccc3-2)c2ccccc2N(c2ccccc2)c2ccccc21.c1ccc(N(c2ccccc2)c2cccc3c2C2(c4ccccc4-3)c3ccccc3N(c3ccccc3)c3ccccc32)cc1.c1ccc(Nc2ccccc2)cc1. The van der Waals surface area contributed by atoms with Crippen LogP contribution in [0.3, 0.4) is 0 Å². The van der Waals surface area contributed by atoms with E-state index in [0.717, 1.165) is 32.9 Å². The molecule has 2 heterocycles. The summed E-state index contributed by atoms with van der Waals surface area (Å²) in [6.07, 6.45) is 0. The summed E-state index contributed by atoms with van der Waals surface area (Å²) in [6, 6.07) is 130. The first kappa shape index (κ1) is 55.1. The summed E-state index contributed by atoms with van der Waals surface area (Å²) < 4.78 is 1.15.